The van der Waals surface area contributed by atoms with Gasteiger partial charge in [-0.3, -0.25) is 0 Å². The van der Waals surface area contributed by atoms with Crippen molar-refractivity contribution >= 4 is 11.6 Å². The maximum absolute atomic E-state index is 13.3. The second-order valence-corrected chi connectivity index (χ2v) is 4.96. The third-order valence-electron chi connectivity index (χ3n) is 2.57. The van der Waals surface area contributed by atoms with Crippen LogP contribution in [0.15, 0.2) is 18.2 Å². The van der Waals surface area contributed by atoms with Crippen molar-refractivity contribution in [3.8, 4) is 0 Å². The van der Waals surface area contributed by atoms with Crippen LogP contribution >= 0.6 is 11.6 Å². The van der Waals surface area contributed by atoms with Gasteiger partial charge >= 0.3 is 0 Å². The number of nitrogens with one attached hydrogen (secondary N) is 1. The monoisotopic (exact) mass is 273 g/mol. The van der Waals surface area contributed by atoms with E-state index in [1.165, 1.54) is 12.1 Å². The third kappa shape index (κ3) is 4.92. The van der Waals surface area contributed by atoms with E-state index in [0.29, 0.717) is 11.6 Å². The summed E-state index contributed by atoms with van der Waals surface area (Å²) in [6.45, 7) is 7.37. The van der Waals surface area contributed by atoms with Crippen LogP contribution in [0.2, 0.25) is 5.02 Å². The first-order chi connectivity index (χ1) is 8.54. The van der Waals surface area contributed by atoms with Gasteiger partial charge in [-0.15, -0.1) is 0 Å². The molecule has 0 aliphatic heterocycles. The molecule has 0 bridgehead atoms. The van der Waals surface area contributed by atoms with Crippen molar-refractivity contribution in [3.63, 3.8) is 0 Å². The summed E-state index contributed by atoms with van der Waals surface area (Å²) in [5, 5.41) is 3.90. The minimum Gasteiger partial charge on any atom is -0.377 e. The number of halogens is 2. The fourth-order valence-electron chi connectivity index (χ4n) is 1.65. The number of benzene rings is 1. The molecule has 0 radical (unpaired) electrons. The van der Waals surface area contributed by atoms with E-state index in [1.807, 2.05) is 13.8 Å². The van der Waals surface area contributed by atoms with E-state index in [9.17, 15) is 4.39 Å². The molecule has 0 fully saturated rings. The maximum atomic E-state index is 13.3. The Hall–Kier alpha value is -0.640. The zero-order valence-corrected chi connectivity index (χ0v) is 11.9. The van der Waals surface area contributed by atoms with E-state index < -0.39 is 0 Å². The van der Waals surface area contributed by atoms with E-state index in [2.05, 4.69) is 12.2 Å². The third-order valence-corrected chi connectivity index (χ3v) is 2.91. The van der Waals surface area contributed by atoms with Crippen LogP contribution in [0.4, 0.5) is 4.39 Å². The average molecular weight is 274 g/mol. The molecule has 18 heavy (non-hydrogen) atoms. The summed E-state index contributed by atoms with van der Waals surface area (Å²) in [5.41, 5.74) is 0.755. The number of hydrogen-bond donors (Lipinski definition) is 1. The molecule has 1 atom stereocenters. The standard InChI is InChI=1S/C14H21ClFNO/c1-4-7-17-14(9-18-10(2)3)12-8-11(16)5-6-13(12)15/h5-6,8,10,14,17H,4,7,9H2,1-3H3. The summed E-state index contributed by atoms with van der Waals surface area (Å²) in [5.74, 6) is -0.276. The highest BCUT2D eigenvalue weighted by Gasteiger charge is 2.15. The normalized spacial score (nSPS) is 13.0. The lowest BCUT2D eigenvalue weighted by molar-refractivity contribution is 0.0611. The van der Waals surface area contributed by atoms with Gasteiger partial charge in [0.15, 0.2) is 0 Å². The van der Waals surface area contributed by atoms with Crippen molar-refractivity contribution < 1.29 is 9.13 Å². The van der Waals surface area contributed by atoms with Gasteiger partial charge in [0, 0.05) is 5.02 Å². The Bertz CT molecular complexity index is 371. The van der Waals surface area contributed by atoms with Gasteiger partial charge in [0.25, 0.3) is 0 Å². The first kappa shape index (κ1) is 15.4. The Morgan fingerprint density at radius 1 is 1.39 bits per heavy atom. The Kier molecular flexibility index (Phi) is 6.61. The molecule has 0 saturated heterocycles. The van der Waals surface area contributed by atoms with Crippen molar-refractivity contribution in [3.05, 3.63) is 34.6 Å². The summed E-state index contributed by atoms with van der Waals surface area (Å²) >= 11 is 6.12. The van der Waals surface area contributed by atoms with Crippen molar-refractivity contribution in [2.75, 3.05) is 13.2 Å². The quantitative estimate of drug-likeness (QED) is 0.812. The van der Waals surface area contributed by atoms with Crippen LogP contribution in [-0.2, 0) is 4.74 Å². The van der Waals surface area contributed by atoms with Crippen molar-refractivity contribution in [1.82, 2.24) is 5.32 Å². The van der Waals surface area contributed by atoms with Gasteiger partial charge in [-0.1, -0.05) is 18.5 Å². The molecule has 1 aromatic rings. The van der Waals surface area contributed by atoms with Gasteiger partial charge in [-0.25, -0.2) is 4.39 Å². The Labute approximate surface area is 113 Å². The molecular weight excluding hydrogens is 253 g/mol. The molecule has 0 aliphatic carbocycles. The summed E-state index contributed by atoms with van der Waals surface area (Å²) in [7, 11) is 0. The molecule has 4 heteroatoms. The molecule has 0 spiro atoms. The van der Waals surface area contributed by atoms with Crippen molar-refractivity contribution in [2.45, 2.75) is 39.3 Å². The predicted molar refractivity (Wildman–Crippen MR) is 73.5 cm³/mol. The van der Waals surface area contributed by atoms with E-state index >= 15 is 0 Å². The molecule has 1 rings (SSSR count). The molecule has 1 aromatic carbocycles. The SMILES string of the molecule is CCCNC(COC(C)C)c1cc(F)ccc1Cl. The van der Waals surface area contributed by atoms with Crippen LogP contribution in [-0.4, -0.2) is 19.3 Å². The first-order valence-electron chi connectivity index (χ1n) is 6.34. The fraction of sp³-hybridized carbons (Fsp3) is 0.571. The Balaban J connectivity index is 2.82. The largest absolute Gasteiger partial charge is 0.377 e. The lowest BCUT2D eigenvalue weighted by atomic mass is 10.1. The molecule has 1 N–H and O–H groups in total. The van der Waals surface area contributed by atoms with Crippen LogP contribution in [0.5, 0.6) is 0 Å². The molecule has 0 aliphatic rings. The highest BCUT2D eigenvalue weighted by atomic mass is 35.5. The van der Waals surface area contributed by atoms with Crippen LogP contribution < -0.4 is 5.32 Å². The molecule has 0 amide bonds. The van der Waals surface area contributed by atoms with Crippen LogP contribution in [0.25, 0.3) is 0 Å². The lowest BCUT2D eigenvalue weighted by Gasteiger charge is -2.21. The summed E-state index contributed by atoms with van der Waals surface area (Å²) in [6, 6.07) is 4.35. The van der Waals surface area contributed by atoms with Gasteiger partial charge in [-0.05, 0) is 50.6 Å². The highest BCUT2D eigenvalue weighted by Crippen LogP contribution is 2.24. The average Bonchev–Trinajstić information content (AvgIpc) is 2.32. The van der Waals surface area contributed by atoms with Gasteiger partial charge in [0.2, 0.25) is 0 Å². The highest BCUT2D eigenvalue weighted by molar-refractivity contribution is 6.31. The molecule has 0 saturated carbocycles. The smallest absolute Gasteiger partial charge is 0.123 e. The summed E-state index contributed by atoms with van der Waals surface area (Å²) in [6.07, 6.45) is 1.15. The minimum atomic E-state index is -0.276. The molecule has 102 valence electrons. The first-order valence-corrected chi connectivity index (χ1v) is 6.72. The molecule has 0 aromatic heterocycles. The number of rotatable bonds is 7. The van der Waals surface area contributed by atoms with Crippen LogP contribution in [0.3, 0.4) is 0 Å². The summed E-state index contributed by atoms with van der Waals surface area (Å²) < 4.78 is 18.9. The van der Waals surface area contributed by atoms with E-state index in [0.717, 1.165) is 18.5 Å². The van der Waals surface area contributed by atoms with Gasteiger partial charge in [0.1, 0.15) is 5.82 Å². The summed E-state index contributed by atoms with van der Waals surface area (Å²) in [4.78, 5) is 0. The van der Waals surface area contributed by atoms with Crippen molar-refractivity contribution in [2.24, 2.45) is 0 Å². The van der Waals surface area contributed by atoms with Crippen LogP contribution in [0.1, 0.15) is 38.8 Å². The van der Waals surface area contributed by atoms with Crippen LogP contribution in [0, 0.1) is 5.82 Å². The maximum Gasteiger partial charge on any atom is 0.123 e. The zero-order chi connectivity index (χ0) is 13.5. The second kappa shape index (κ2) is 7.72. The lowest BCUT2D eigenvalue weighted by Crippen LogP contribution is -2.27. The topological polar surface area (TPSA) is 21.3 Å². The fourth-order valence-corrected chi connectivity index (χ4v) is 1.90. The van der Waals surface area contributed by atoms with E-state index in [-0.39, 0.29) is 18.0 Å². The Morgan fingerprint density at radius 2 is 2.11 bits per heavy atom. The van der Waals surface area contributed by atoms with E-state index in [4.69, 9.17) is 16.3 Å². The van der Waals surface area contributed by atoms with Gasteiger partial charge in [0.05, 0.1) is 18.8 Å². The van der Waals surface area contributed by atoms with Crippen molar-refractivity contribution in [1.29, 1.82) is 0 Å². The molecule has 0 heterocycles. The predicted octanol–water partition coefficient (Wildman–Crippen LogP) is 3.94. The van der Waals surface area contributed by atoms with Gasteiger partial charge < -0.3 is 10.1 Å². The molecule has 1 unspecified atom stereocenters. The number of hydrogen-bond acceptors (Lipinski definition) is 2. The second-order valence-electron chi connectivity index (χ2n) is 4.55. The number of ether oxygens (including phenoxy) is 1. The van der Waals surface area contributed by atoms with E-state index in [1.54, 1.807) is 6.07 Å². The molecule has 2 nitrogen and oxygen atoms in total. The van der Waals surface area contributed by atoms with Gasteiger partial charge in [-0.2, -0.15) is 0 Å². The molecular formula is C14H21ClFNO. The Morgan fingerprint density at radius 3 is 2.72 bits per heavy atom. The zero-order valence-electron chi connectivity index (χ0n) is 11.2. The minimum absolute atomic E-state index is 0.0736.